The summed E-state index contributed by atoms with van der Waals surface area (Å²) in [6, 6.07) is 66.9. The predicted octanol–water partition coefficient (Wildman–Crippen LogP) is 17.0. The molecule has 314 valence electrons. The Labute approximate surface area is 381 Å². The summed E-state index contributed by atoms with van der Waals surface area (Å²) in [5.41, 5.74) is 22.5. The summed E-state index contributed by atoms with van der Waals surface area (Å²) in [6.45, 7) is 0. The molecule has 0 unspecified atom stereocenters. The summed E-state index contributed by atoms with van der Waals surface area (Å²) in [5.74, 6) is 3.44. The minimum absolute atomic E-state index is 0.0893. The van der Waals surface area contributed by atoms with Gasteiger partial charge in [-0.1, -0.05) is 128 Å². The van der Waals surface area contributed by atoms with Crippen LogP contribution in [0.15, 0.2) is 180 Å². The zero-order valence-corrected chi connectivity index (χ0v) is 36.8. The van der Waals surface area contributed by atoms with Gasteiger partial charge in [0.05, 0.1) is 0 Å². The summed E-state index contributed by atoms with van der Waals surface area (Å²) in [5, 5.41) is 2.29. The molecule has 5 saturated carbocycles. The number of anilines is 3. The van der Waals surface area contributed by atoms with Crippen molar-refractivity contribution in [2.75, 3.05) is 4.90 Å². The van der Waals surface area contributed by atoms with E-state index in [1.807, 2.05) is 0 Å². The lowest BCUT2D eigenvalue weighted by molar-refractivity contribution is -0.0399. The summed E-state index contributed by atoms with van der Waals surface area (Å²) >= 11 is 0. The highest BCUT2D eigenvalue weighted by Crippen LogP contribution is 2.69. The van der Waals surface area contributed by atoms with Crippen molar-refractivity contribution in [1.29, 1.82) is 0 Å². The van der Waals surface area contributed by atoms with E-state index < -0.39 is 0 Å². The van der Waals surface area contributed by atoms with Gasteiger partial charge in [-0.25, -0.2) is 0 Å². The second-order valence-corrected chi connectivity index (χ2v) is 20.8. The zero-order valence-electron chi connectivity index (χ0n) is 36.8. The first-order valence-corrected chi connectivity index (χ1v) is 24.5. The second-order valence-electron chi connectivity index (χ2n) is 20.8. The minimum atomic E-state index is 0.0893. The molecule has 16 rings (SSSR count). The zero-order chi connectivity index (χ0) is 42.4. The molecule has 1 aromatic heterocycles. The molecule has 1 heterocycles. The van der Waals surface area contributed by atoms with Crippen LogP contribution in [-0.4, -0.2) is 0 Å². The molecule has 8 aromatic carbocycles. The van der Waals surface area contributed by atoms with Crippen molar-refractivity contribution in [1.82, 2.24) is 0 Å². The van der Waals surface area contributed by atoms with Gasteiger partial charge < -0.3 is 9.32 Å². The Morgan fingerprint density at radius 1 is 0.385 bits per heavy atom. The molecule has 2 nitrogen and oxygen atoms in total. The third-order valence-corrected chi connectivity index (χ3v) is 17.8. The molecule has 7 aliphatic rings. The third kappa shape index (κ3) is 5.06. The standard InChI is InChI=1S/C63H51NO/c1-2-10-41(11-3-1)42-16-20-47(21-17-42)64(49-22-25-52-50-12-4-6-14-56(50)62(59(52)38-49)28-8-9-29-62)48-23-27-60-55(37-48)53-24-18-44(36-61(53)65-60)43-19-26-58-54(35-43)51-13-5-7-15-57(51)63(58)45-31-39-30-40(33-45)34-46(63)32-39/h1-7,10-27,35-40,45-46H,8-9,28-34H2/t39-,40?,45-,46+,63+. The van der Waals surface area contributed by atoms with Crippen LogP contribution in [0.5, 0.6) is 0 Å². The monoisotopic (exact) mass is 837 g/mol. The first-order chi connectivity index (χ1) is 32.1. The lowest BCUT2D eigenvalue weighted by Gasteiger charge is -2.61. The van der Waals surface area contributed by atoms with E-state index >= 15 is 0 Å². The van der Waals surface area contributed by atoms with E-state index in [0.29, 0.717) is 0 Å². The fraction of sp³-hybridized carbons (Fsp3) is 0.238. The Hall–Kier alpha value is -6.64. The maximum absolute atomic E-state index is 6.77. The molecular weight excluding hydrogens is 787 g/mol. The highest BCUT2D eigenvalue weighted by atomic mass is 16.3. The van der Waals surface area contributed by atoms with Crippen molar-refractivity contribution in [3.05, 3.63) is 198 Å². The SMILES string of the molecule is c1ccc(-c2ccc(N(c3ccc4c(c3)C3(CCCC3)c3ccccc3-4)c3ccc4oc5cc(-c6ccc7c(c6)-c6ccccc6[C@]76[C@@H]7CC8C[C@@H](C7)C[C@@H]6C8)ccc5c4c3)cc2)cc1. The fourth-order valence-corrected chi connectivity index (χ4v) is 15.4. The summed E-state index contributed by atoms with van der Waals surface area (Å²) in [4.78, 5) is 2.46. The second kappa shape index (κ2) is 13.5. The van der Waals surface area contributed by atoms with Crippen molar-refractivity contribution in [2.45, 2.75) is 68.6 Å². The highest BCUT2D eigenvalue weighted by molar-refractivity contribution is 6.08. The van der Waals surface area contributed by atoms with Crippen LogP contribution in [0, 0.1) is 23.7 Å². The van der Waals surface area contributed by atoms with Gasteiger partial charge >= 0.3 is 0 Å². The van der Waals surface area contributed by atoms with E-state index in [9.17, 15) is 0 Å². The van der Waals surface area contributed by atoms with Crippen LogP contribution in [0.2, 0.25) is 0 Å². The van der Waals surface area contributed by atoms with Crippen molar-refractivity contribution >= 4 is 39.0 Å². The topological polar surface area (TPSA) is 16.4 Å². The number of hydrogen-bond donors (Lipinski definition) is 0. The van der Waals surface area contributed by atoms with Gasteiger partial charge in [0.15, 0.2) is 0 Å². The Bertz CT molecular complexity index is 3370. The van der Waals surface area contributed by atoms with E-state index in [1.54, 1.807) is 11.1 Å². The molecule has 4 bridgehead atoms. The molecule has 0 radical (unpaired) electrons. The highest BCUT2D eigenvalue weighted by Gasteiger charge is 2.61. The molecule has 2 spiro atoms. The van der Waals surface area contributed by atoms with E-state index in [2.05, 4.69) is 181 Å². The van der Waals surface area contributed by atoms with Crippen LogP contribution in [0.4, 0.5) is 17.1 Å². The van der Waals surface area contributed by atoms with Crippen LogP contribution in [-0.2, 0) is 10.8 Å². The van der Waals surface area contributed by atoms with Crippen LogP contribution in [0.1, 0.15) is 80.0 Å². The molecule has 0 saturated heterocycles. The molecule has 0 aliphatic heterocycles. The third-order valence-electron chi connectivity index (χ3n) is 17.8. The van der Waals surface area contributed by atoms with Gasteiger partial charge in [-0.15, -0.1) is 0 Å². The molecule has 2 heteroatoms. The van der Waals surface area contributed by atoms with Gasteiger partial charge in [-0.2, -0.15) is 0 Å². The first-order valence-electron chi connectivity index (χ1n) is 24.5. The van der Waals surface area contributed by atoms with Gasteiger partial charge in [0, 0.05) is 38.7 Å². The van der Waals surface area contributed by atoms with Crippen LogP contribution in [0.25, 0.3) is 66.4 Å². The van der Waals surface area contributed by atoms with E-state index in [1.165, 1.54) is 119 Å². The number of rotatable bonds is 5. The quantitative estimate of drug-likeness (QED) is 0.172. The van der Waals surface area contributed by atoms with E-state index in [0.717, 1.165) is 57.0 Å². The Morgan fingerprint density at radius 2 is 0.969 bits per heavy atom. The molecule has 5 fully saturated rings. The van der Waals surface area contributed by atoms with Gasteiger partial charge in [-0.3, -0.25) is 0 Å². The fourth-order valence-electron chi connectivity index (χ4n) is 15.4. The smallest absolute Gasteiger partial charge is 0.136 e. The molecule has 7 aliphatic carbocycles. The molecule has 0 N–H and O–H groups in total. The predicted molar refractivity (Wildman–Crippen MR) is 267 cm³/mol. The number of hydrogen-bond acceptors (Lipinski definition) is 2. The van der Waals surface area contributed by atoms with E-state index in [-0.39, 0.29) is 10.8 Å². The van der Waals surface area contributed by atoms with Crippen LogP contribution in [0.3, 0.4) is 0 Å². The summed E-state index contributed by atoms with van der Waals surface area (Å²) in [7, 11) is 0. The van der Waals surface area contributed by atoms with Gasteiger partial charge in [0.25, 0.3) is 0 Å². The first kappa shape index (κ1) is 36.7. The van der Waals surface area contributed by atoms with Gasteiger partial charge in [0.1, 0.15) is 11.2 Å². The maximum Gasteiger partial charge on any atom is 0.136 e. The van der Waals surface area contributed by atoms with Crippen LogP contribution >= 0.6 is 0 Å². The lowest BCUT2D eigenvalue weighted by Crippen LogP contribution is -2.55. The molecule has 0 amide bonds. The number of fused-ring (bicyclic) bond motifs is 11. The van der Waals surface area contributed by atoms with Crippen molar-refractivity contribution < 1.29 is 4.42 Å². The maximum atomic E-state index is 6.77. The average molecular weight is 838 g/mol. The lowest BCUT2D eigenvalue weighted by atomic mass is 9.43. The summed E-state index contributed by atoms with van der Waals surface area (Å²) < 4.78 is 6.77. The van der Waals surface area contributed by atoms with Gasteiger partial charge in [0.2, 0.25) is 0 Å². The average Bonchev–Trinajstić information content (AvgIpc) is 4.13. The number of benzene rings is 8. The van der Waals surface area contributed by atoms with Gasteiger partial charge in [-0.05, 0) is 196 Å². The van der Waals surface area contributed by atoms with Crippen LogP contribution < -0.4 is 4.90 Å². The van der Waals surface area contributed by atoms with Crippen molar-refractivity contribution in [3.8, 4) is 44.5 Å². The number of furan rings is 1. The normalized spacial score (nSPS) is 23.6. The summed E-state index contributed by atoms with van der Waals surface area (Å²) in [6.07, 6.45) is 12.1. The minimum Gasteiger partial charge on any atom is -0.456 e. The van der Waals surface area contributed by atoms with Crippen molar-refractivity contribution in [3.63, 3.8) is 0 Å². The number of nitrogens with zero attached hydrogens (tertiary/aromatic N) is 1. The Balaban J connectivity index is 0.835. The Morgan fingerprint density at radius 3 is 1.75 bits per heavy atom. The Kier molecular flexibility index (Phi) is 7.59. The van der Waals surface area contributed by atoms with E-state index in [4.69, 9.17) is 4.42 Å². The molecular formula is C63H51NO. The molecule has 0 atom stereocenters. The van der Waals surface area contributed by atoms with Crippen molar-refractivity contribution in [2.24, 2.45) is 23.7 Å². The molecule has 9 aromatic rings. The molecule has 65 heavy (non-hydrogen) atoms. The largest absolute Gasteiger partial charge is 0.456 e.